The zero-order chi connectivity index (χ0) is 17.8. The molecule has 3 rings (SSSR count). The van der Waals surface area contributed by atoms with Gasteiger partial charge >= 0.3 is 0 Å². The number of benzene rings is 1. The lowest BCUT2D eigenvalue weighted by Crippen LogP contribution is -2.36. The summed E-state index contributed by atoms with van der Waals surface area (Å²) in [6.07, 6.45) is 2.37. The van der Waals surface area contributed by atoms with Gasteiger partial charge in [-0.3, -0.25) is 9.69 Å². The molecule has 2 heterocycles. The van der Waals surface area contributed by atoms with E-state index >= 15 is 0 Å². The van der Waals surface area contributed by atoms with Gasteiger partial charge in [0, 0.05) is 6.54 Å². The molecule has 1 aromatic carbocycles. The lowest BCUT2D eigenvalue weighted by Gasteiger charge is -2.28. The number of carbonyl (C=O) groups is 1. The zero-order valence-corrected chi connectivity index (χ0v) is 15.5. The molecule has 25 heavy (non-hydrogen) atoms. The van der Waals surface area contributed by atoms with E-state index in [-0.39, 0.29) is 17.1 Å². The lowest BCUT2D eigenvalue weighted by molar-refractivity contribution is 0.0933. The average molecular weight is 382 g/mol. The molecule has 1 saturated heterocycles. The molecule has 0 radical (unpaired) electrons. The summed E-state index contributed by atoms with van der Waals surface area (Å²) >= 11 is 11.8. The number of nitrogens with zero attached hydrogens (tertiary/aromatic N) is 1. The number of carbonyl (C=O) groups excluding carboxylic acids is 1. The Kier molecular flexibility index (Phi) is 5.89. The molecule has 1 amide bonds. The Bertz CT molecular complexity index is 705. The Labute approximate surface area is 157 Å². The summed E-state index contributed by atoms with van der Waals surface area (Å²) < 4.78 is 5.23. The molecule has 0 spiro atoms. The van der Waals surface area contributed by atoms with Gasteiger partial charge in [-0.1, -0.05) is 35.3 Å². The van der Waals surface area contributed by atoms with E-state index in [0.717, 1.165) is 24.4 Å². The van der Waals surface area contributed by atoms with Crippen molar-refractivity contribution in [3.8, 4) is 5.75 Å². The summed E-state index contributed by atoms with van der Waals surface area (Å²) in [5.74, 6) is 0.607. The predicted molar refractivity (Wildman–Crippen MR) is 99.7 cm³/mol. The maximum absolute atomic E-state index is 12.4. The van der Waals surface area contributed by atoms with Gasteiger partial charge in [-0.15, -0.1) is 0 Å². The summed E-state index contributed by atoms with van der Waals surface area (Å²) in [7, 11) is 1.65. The van der Waals surface area contributed by atoms with Crippen LogP contribution in [-0.2, 0) is 0 Å². The van der Waals surface area contributed by atoms with E-state index in [2.05, 4.69) is 27.3 Å². The number of aromatic amines is 1. The van der Waals surface area contributed by atoms with Crippen LogP contribution >= 0.6 is 23.2 Å². The van der Waals surface area contributed by atoms with Gasteiger partial charge in [-0.05, 0) is 49.7 Å². The van der Waals surface area contributed by atoms with Gasteiger partial charge in [0.15, 0.2) is 0 Å². The van der Waals surface area contributed by atoms with Crippen molar-refractivity contribution in [2.24, 2.45) is 0 Å². The van der Waals surface area contributed by atoms with Crippen LogP contribution in [0, 0.1) is 0 Å². The van der Waals surface area contributed by atoms with E-state index in [0.29, 0.717) is 17.3 Å². The molecular weight excluding hydrogens is 361 g/mol. The van der Waals surface area contributed by atoms with Crippen molar-refractivity contribution in [2.75, 3.05) is 26.7 Å². The van der Waals surface area contributed by atoms with Crippen molar-refractivity contribution in [3.05, 3.63) is 51.8 Å². The molecule has 0 saturated carbocycles. The highest BCUT2D eigenvalue weighted by atomic mass is 35.5. The fraction of sp³-hybridized carbons (Fsp3) is 0.389. The molecule has 134 valence electrons. The van der Waals surface area contributed by atoms with Crippen LogP contribution in [0.15, 0.2) is 30.3 Å². The molecule has 1 atom stereocenters. The van der Waals surface area contributed by atoms with Crippen molar-refractivity contribution in [1.29, 1.82) is 0 Å². The lowest BCUT2D eigenvalue weighted by atomic mass is 10.1. The molecule has 1 unspecified atom stereocenters. The van der Waals surface area contributed by atoms with Gasteiger partial charge in [0.05, 0.1) is 18.2 Å². The number of methoxy groups -OCH3 is 1. The molecule has 5 nitrogen and oxygen atoms in total. The van der Waals surface area contributed by atoms with E-state index in [9.17, 15) is 4.79 Å². The minimum Gasteiger partial charge on any atom is -0.497 e. The fourth-order valence-electron chi connectivity index (χ4n) is 3.15. The van der Waals surface area contributed by atoms with Crippen LogP contribution in [0.2, 0.25) is 10.2 Å². The van der Waals surface area contributed by atoms with E-state index in [1.54, 1.807) is 7.11 Å². The summed E-state index contributed by atoms with van der Waals surface area (Å²) in [5.41, 5.74) is 1.52. The van der Waals surface area contributed by atoms with Crippen LogP contribution in [0.3, 0.4) is 0 Å². The highest BCUT2D eigenvalue weighted by Crippen LogP contribution is 2.26. The summed E-state index contributed by atoms with van der Waals surface area (Å²) in [6.45, 7) is 2.58. The fourth-order valence-corrected chi connectivity index (χ4v) is 3.46. The second-order valence-corrected chi connectivity index (χ2v) is 6.87. The molecule has 2 N–H and O–H groups in total. The summed E-state index contributed by atoms with van der Waals surface area (Å²) in [4.78, 5) is 17.5. The number of nitrogens with one attached hydrogen (secondary N) is 2. The second-order valence-electron chi connectivity index (χ2n) is 6.09. The third kappa shape index (κ3) is 4.29. The van der Waals surface area contributed by atoms with E-state index < -0.39 is 0 Å². The van der Waals surface area contributed by atoms with Gasteiger partial charge in [0.2, 0.25) is 0 Å². The smallest absolute Gasteiger partial charge is 0.267 e. The minimum absolute atomic E-state index is 0.123. The molecular formula is C18H21Cl2N3O2. The first kappa shape index (κ1) is 18.1. The van der Waals surface area contributed by atoms with E-state index in [1.165, 1.54) is 18.9 Å². The van der Waals surface area contributed by atoms with Crippen molar-refractivity contribution in [2.45, 2.75) is 18.9 Å². The van der Waals surface area contributed by atoms with Crippen LogP contribution in [0.4, 0.5) is 0 Å². The number of hydrogen-bond donors (Lipinski definition) is 2. The quantitative estimate of drug-likeness (QED) is 0.797. The number of ether oxygens (including phenoxy) is 1. The third-order valence-electron chi connectivity index (χ3n) is 4.51. The molecule has 1 aliphatic heterocycles. The highest BCUT2D eigenvalue weighted by molar-refractivity contribution is 6.41. The Morgan fingerprint density at radius 1 is 1.28 bits per heavy atom. The van der Waals surface area contributed by atoms with Gasteiger partial charge in [-0.2, -0.15) is 0 Å². The molecule has 7 heteroatoms. The molecule has 1 aliphatic rings. The normalized spacial score (nSPS) is 16.0. The van der Waals surface area contributed by atoms with Crippen LogP contribution in [0.1, 0.15) is 34.9 Å². The van der Waals surface area contributed by atoms with Crippen LogP contribution in [-0.4, -0.2) is 42.5 Å². The number of rotatable bonds is 6. The number of aromatic nitrogens is 1. The first-order valence-electron chi connectivity index (χ1n) is 8.28. The first-order chi connectivity index (χ1) is 12.1. The largest absolute Gasteiger partial charge is 0.497 e. The van der Waals surface area contributed by atoms with Gasteiger partial charge in [-0.25, -0.2) is 0 Å². The number of amides is 1. The van der Waals surface area contributed by atoms with Crippen molar-refractivity contribution in [1.82, 2.24) is 15.2 Å². The minimum atomic E-state index is -0.216. The summed E-state index contributed by atoms with van der Waals surface area (Å²) in [5, 5.41) is 3.60. The van der Waals surface area contributed by atoms with E-state index in [1.807, 2.05) is 12.1 Å². The first-order valence-corrected chi connectivity index (χ1v) is 9.04. The van der Waals surface area contributed by atoms with Crippen molar-refractivity contribution >= 4 is 29.1 Å². The predicted octanol–water partition coefficient (Wildman–Crippen LogP) is 3.90. The van der Waals surface area contributed by atoms with Crippen LogP contribution in [0.25, 0.3) is 0 Å². The molecule has 0 bridgehead atoms. The molecule has 1 fully saturated rings. The maximum Gasteiger partial charge on any atom is 0.267 e. The maximum atomic E-state index is 12.4. The Morgan fingerprint density at radius 2 is 1.96 bits per heavy atom. The topological polar surface area (TPSA) is 57.4 Å². The number of hydrogen-bond acceptors (Lipinski definition) is 3. The van der Waals surface area contributed by atoms with E-state index in [4.69, 9.17) is 27.9 Å². The third-order valence-corrected chi connectivity index (χ3v) is 5.20. The number of H-pyrrole nitrogens is 1. The van der Waals surface area contributed by atoms with Gasteiger partial charge in [0.1, 0.15) is 16.6 Å². The van der Waals surface area contributed by atoms with Crippen molar-refractivity contribution < 1.29 is 9.53 Å². The monoisotopic (exact) mass is 381 g/mol. The zero-order valence-electron chi connectivity index (χ0n) is 14.0. The Morgan fingerprint density at radius 3 is 2.52 bits per heavy atom. The van der Waals surface area contributed by atoms with Crippen LogP contribution in [0.5, 0.6) is 5.75 Å². The molecule has 1 aromatic heterocycles. The standard InChI is InChI=1S/C18H21Cl2N3O2/c1-25-13-6-4-12(5-7-13)16(23-8-2-3-9-23)11-21-18(24)15-10-14(19)17(20)22-15/h4-7,10,16,22H,2-3,8-9,11H2,1H3,(H,21,24). The average Bonchev–Trinajstić information content (AvgIpc) is 3.26. The Balaban J connectivity index is 1.72. The Hall–Kier alpha value is -1.69. The summed E-state index contributed by atoms with van der Waals surface area (Å²) in [6, 6.07) is 9.66. The van der Waals surface area contributed by atoms with Gasteiger partial charge in [0.25, 0.3) is 5.91 Å². The van der Waals surface area contributed by atoms with Crippen LogP contribution < -0.4 is 10.1 Å². The van der Waals surface area contributed by atoms with Crippen molar-refractivity contribution in [3.63, 3.8) is 0 Å². The van der Waals surface area contributed by atoms with Gasteiger partial charge < -0.3 is 15.0 Å². The highest BCUT2D eigenvalue weighted by Gasteiger charge is 2.24. The molecule has 0 aliphatic carbocycles. The SMILES string of the molecule is COc1ccc(C(CNC(=O)c2cc(Cl)c(Cl)[nH]2)N2CCCC2)cc1. The molecule has 2 aromatic rings. The number of likely N-dealkylation sites (tertiary alicyclic amines) is 1. The number of halogens is 2. The second kappa shape index (κ2) is 8.13.